The Bertz CT molecular complexity index is 1700. The standard InChI is InChI=1S/C43H63N7O9/c1-6-27(3)35-40(55)45-32(23-21-29-16-10-8-11-17-29)41(56)50(5)34(24-22-30-18-12-9-13-19-30)39(54)46-33(26-51)37(52)44-25-15-14-20-31(38(53)48-35)47-43(59)49-36(42(57)58)28(4)7-2/h8-13,16-19,27-28,31-36,51H,6-7,14-15,20-26H2,1-5H3,(H,44,52)(H,45,55)(H,46,54)(H,48,53)(H,57,58)(H2,47,49,59). The summed E-state index contributed by atoms with van der Waals surface area (Å²) in [6, 6.07) is 10.7. The van der Waals surface area contributed by atoms with Crippen molar-refractivity contribution in [3.05, 3.63) is 71.8 Å². The zero-order valence-corrected chi connectivity index (χ0v) is 34.9. The highest BCUT2D eigenvalue weighted by Crippen LogP contribution is 2.17. The molecule has 0 saturated carbocycles. The first kappa shape index (κ1) is 47.9. The number of aryl methyl sites for hydroxylation is 2. The van der Waals surface area contributed by atoms with Crippen molar-refractivity contribution in [3.8, 4) is 0 Å². The number of aliphatic hydroxyl groups excluding tert-OH is 1. The molecule has 0 bridgehead atoms. The molecule has 2 aromatic carbocycles. The van der Waals surface area contributed by atoms with E-state index in [4.69, 9.17) is 0 Å². The molecule has 1 aliphatic rings. The Labute approximate surface area is 347 Å². The minimum absolute atomic E-state index is 0.0529. The van der Waals surface area contributed by atoms with Crippen molar-refractivity contribution in [3.63, 3.8) is 0 Å². The molecule has 8 unspecified atom stereocenters. The normalized spacial score (nSPS) is 23.1. The first-order valence-electron chi connectivity index (χ1n) is 20.6. The second-order valence-corrected chi connectivity index (χ2v) is 15.3. The predicted octanol–water partition coefficient (Wildman–Crippen LogP) is 2.04. The predicted molar refractivity (Wildman–Crippen MR) is 222 cm³/mol. The maximum absolute atomic E-state index is 14.5. The first-order chi connectivity index (χ1) is 28.2. The quantitative estimate of drug-likeness (QED) is 0.139. The highest BCUT2D eigenvalue weighted by atomic mass is 16.4. The molecular weight excluding hydrogens is 759 g/mol. The van der Waals surface area contributed by atoms with Crippen LogP contribution in [0.2, 0.25) is 0 Å². The Kier molecular flexibility index (Phi) is 19.8. The highest BCUT2D eigenvalue weighted by Gasteiger charge is 2.37. The maximum atomic E-state index is 14.5. The Morgan fingerprint density at radius 3 is 1.93 bits per heavy atom. The van der Waals surface area contributed by atoms with Gasteiger partial charge in [-0.05, 0) is 67.9 Å². The molecule has 0 radical (unpaired) electrons. The molecule has 0 aliphatic carbocycles. The Morgan fingerprint density at radius 1 is 0.780 bits per heavy atom. The van der Waals surface area contributed by atoms with E-state index in [1.54, 1.807) is 20.8 Å². The third-order valence-corrected chi connectivity index (χ3v) is 11.1. The van der Waals surface area contributed by atoms with Crippen LogP contribution in [0.25, 0.3) is 0 Å². The van der Waals surface area contributed by atoms with Crippen LogP contribution in [0.15, 0.2) is 60.7 Å². The molecule has 8 atom stereocenters. The van der Waals surface area contributed by atoms with Gasteiger partial charge in [0.05, 0.1) is 6.61 Å². The summed E-state index contributed by atoms with van der Waals surface area (Å²) >= 11 is 0. The van der Waals surface area contributed by atoms with Gasteiger partial charge >= 0.3 is 12.0 Å². The van der Waals surface area contributed by atoms with Crippen LogP contribution in [0.4, 0.5) is 4.79 Å². The van der Waals surface area contributed by atoms with Crippen LogP contribution >= 0.6 is 0 Å². The van der Waals surface area contributed by atoms with Gasteiger partial charge in [-0.3, -0.25) is 24.0 Å². The molecule has 1 saturated heterocycles. The van der Waals surface area contributed by atoms with Crippen LogP contribution < -0.4 is 31.9 Å². The summed E-state index contributed by atoms with van der Waals surface area (Å²) in [6.07, 6.45) is 2.69. The number of hydrogen-bond donors (Lipinski definition) is 8. The minimum atomic E-state index is -1.34. The molecule has 3 rings (SSSR count). The summed E-state index contributed by atoms with van der Waals surface area (Å²) in [7, 11) is 1.46. The summed E-state index contributed by atoms with van der Waals surface area (Å²) in [6.45, 7) is 6.47. The monoisotopic (exact) mass is 821 g/mol. The summed E-state index contributed by atoms with van der Waals surface area (Å²) in [5, 5.41) is 35.9. The third kappa shape index (κ3) is 15.0. The average Bonchev–Trinajstić information content (AvgIpc) is 3.23. The summed E-state index contributed by atoms with van der Waals surface area (Å²) in [5.74, 6) is -5.30. The van der Waals surface area contributed by atoms with Gasteiger partial charge in [0.25, 0.3) is 0 Å². The van der Waals surface area contributed by atoms with E-state index in [2.05, 4.69) is 31.9 Å². The molecule has 1 fully saturated rings. The molecule has 7 amide bonds. The Morgan fingerprint density at radius 2 is 1.37 bits per heavy atom. The number of carboxylic acid groups (broad SMARTS) is 1. The van der Waals surface area contributed by atoms with E-state index in [9.17, 15) is 43.8 Å². The van der Waals surface area contributed by atoms with E-state index in [1.807, 2.05) is 67.6 Å². The van der Waals surface area contributed by atoms with Gasteiger partial charge in [-0.1, -0.05) is 101 Å². The number of carbonyl (C=O) groups excluding carboxylic acids is 6. The van der Waals surface area contributed by atoms with E-state index in [0.717, 1.165) is 11.1 Å². The SMILES string of the molecule is CCC(C)C(NC(=O)NC1CCCCNC(=O)C(CO)NC(=O)C(CCc2ccccc2)N(C)C(=O)C(CCc2ccccc2)NC(=O)C(C(C)CC)NC1=O)C(=O)O. The van der Waals surface area contributed by atoms with Gasteiger partial charge in [0.2, 0.25) is 29.5 Å². The van der Waals surface area contributed by atoms with Gasteiger partial charge in [0, 0.05) is 13.6 Å². The zero-order chi connectivity index (χ0) is 43.5. The Hall–Kier alpha value is -5.51. The molecule has 1 heterocycles. The van der Waals surface area contributed by atoms with E-state index >= 15 is 0 Å². The van der Waals surface area contributed by atoms with E-state index in [0.29, 0.717) is 38.5 Å². The largest absolute Gasteiger partial charge is 0.480 e. The van der Waals surface area contributed by atoms with Gasteiger partial charge in [0.15, 0.2) is 0 Å². The molecular formula is C43H63N7O9. The van der Waals surface area contributed by atoms with Gasteiger partial charge in [-0.25, -0.2) is 9.59 Å². The number of rotatable bonds is 14. The lowest BCUT2D eigenvalue weighted by molar-refractivity contribution is -0.143. The number of hydrogen-bond acceptors (Lipinski definition) is 8. The number of nitrogens with one attached hydrogen (secondary N) is 6. The van der Waals surface area contributed by atoms with Gasteiger partial charge < -0.3 is 47.0 Å². The van der Waals surface area contributed by atoms with Crippen molar-refractivity contribution < 1.29 is 43.8 Å². The van der Waals surface area contributed by atoms with Crippen molar-refractivity contribution in [1.29, 1.82) is 0 Å². The summed E-state index contributed by atoms with van der Waals surface area (Å²) in [4.78, 5) is 96.4. The first-order valence-corrected chi connectivity index (χ1v) is 20.6. The molecule has 0 aromatic heterocycles. The van der Waals surface area contributed by atoms with E-state index in [1.165, 1.54) is 11.9 Å². The molecule has 324 valence electrons. The number of nitrogens with zero attached hydrogens (tertiary/aromatic N) is 1. The smallest absolute Gasteiger partial charge is 0.326 e. The molecule has 2 aromatic rings. The summed E-state index contributed by atoms with van der Waals surface area (Å²) in [5.41, 5.74) is 1.82. The molecule has 1 aliphatic heterocycles. The Balaban J connectivity index is 2.03. The van der Waals surface area contributed by atoms with Crippen LogP contribution in [0.1, 0.15) is 83.8 Å². The van der Waals surface area contributed by atoms with Crippen LogP contribution in [0.3, 0.4) is 0 Å². The lowest BCUT2D eigenvalue weighted by Crippen LogP contribution is -2.61. The van der Waals surface area contributed by atoms with Crippen molar-refractivity contribution in [2.45, 2.75) is 122 Å². The minimum Gasteiger partial charge on any atom is -0.480 e. The van der Waals surface area contributed by atoms with Crippen LogP contribution in [0.5, 0.6) is 0 Å². The topological polar surface area (TPSA) is 235 Å². The number of likely N-dealkylation sites (N-methyl/N-ethyl adjacent to an activating group) is 1. The highest BCUT2D eigenvalue weighted by molar-refractivity contribution is 5.96. The van der Waals surface area contributed by atoms with Crippen molar-refractivity contribution in [2.24, 2.45) is 11.8 Å². The number of carboxylic acids is 1. The van der Waals surface area contributed by atoms with Gasteiger partial charge in [-0.15, -0.1) is 0 Å². The fraction of sp³-hybridized carbons (Fsp3) is 0.558. The third-order valence-electron chi connectivity index (χ3n) is 11.1. The maximum Gasteiger partial charge on any atom is 0.326 e. The van der Waals surface area contributed by atoms with Crippen molar-refractivity contribution >= 4 is 41.5 Å². The number of aliphatic hydroxyl groups is 1. The number of carbonyl (C=O) groups is 7. The fourth-order valence-corrected chi connectivity index (χ4v) is 6.84. The lowest BCUT2D eigenvalue weighted by atomic mass is 9.96. The fourth-order valence-electron chi connectivity index (χ4n) is 6.84. The molecule has 16 nitrogen and oxygen atoms in total. The van der Waals surface area contributed by atoms with E-state index < -0.39 is 96.2 Å². The summed E-state index contributed by atoms with van der Waals surface area (Å²) < 4.78 is 0. The molecule has 59 heavy (non-hydrogen) atoms. The number of urea groups is 1. The average molecular weight is 822 g/mol. The lowest BCUT2D eigenvalue weighted by Gasteiger charge is -2.33. The second kappa shape index (κ2) is 24.4. The van der Waals surface area contributed by atoms with Gasteiger partial charge in [0.1, 0.15) is 36.3 Å². The van der Waals surface area contributed by atoms with E-state index in [-0.39, 0.29) is 25.8 Å². The van der Waals surface area contributed by atoms with Crippen molar-refractivity contribution in [2.75, 3.05) is 20.2 Å². The van der Waals surface area contributed by atoms with Crippen LogP contribution in [0, 0.1) is 11.8 Å². The van der Waals surface area contributed by atoms with Crippen molar-refractivity contribution in [1.82, 2.24) is 36.8 Å². The zero-order valence-electron chi connectivity index (χ0n) is 34.9. The molecule has 8 N–H and O–H groups in total. The van der Waals surface area contributed by atoms with Crippen LogP contribution in [-0.2, 0) is 41.6 Å². The molecule has 0 spiro atoms. The number of aliphatic carboxylic acids is 1. The van der Waals surface area contributed by atoms with Gasteiger partial charge in [-0.2, -0.15) is 0 Å². The van der Waals surface area contributed by atoms with Crippen LogP contribution in [-0.4, -0.2) is 113 Å². The number of benzene rings is 2. The number of amides is 7. The molecule has 16 heteroatoms. The second-order valence-electron chi connectivity index (χ2n) is 15.3.